The molecule has 0 amide bonds. The fraction of sp³-hybridized carbons (Fsp3) is 0. The van der Waals surface area contributed by atoms with E-state index in [1.54, 1.807) is 0 Å². The Morgan fingerprint density at radius 1 is 0.137 bits per heavy atom. The Labute approximate surface area is 701 Å². The first kappa shape index (κ1) is 73.0. The van der Waals surface area contributed by atoms with Crippen molar-refractivity contribution in [3.8, 4) is 203 Å². The van der Waals surface area contributed by atoms with E-state index in [0.717, 1.165) is 164 Å². The average molecular weight is 1700 g/mol. The summed E-state index contributed by atoms with van der Waals surface area (Å²) < 4.78 is 2.74. The quantitative estimate of drug-likeness (QED) is 0.0803. The standard InChI is InChI=1S/C102H63Br3N12/c103-88-58-70(91-52-46-73(61-106-91)100-112-94(64-25-7-1-8-26-64)109-95(113-100)65-27-9-2-10-28-65)43-49-85(88)82-40-22-19-37-79(82)76-55-77(80-38-20-23-41-83(80)86-50-44-71(59-89(86)104)92-53-47-74(62-107-92)101-114-96(66-29-11-3-12-30-66)110-97(115-101)67-31-13-4-14-32-67)57-78(56-76)81-39-21-24-42-84(81)87-51-45-72(60-90(87)105)93-54-48-75(63-108-93)102-116-98(68-33-15-5-16-34-68)111-99(117-102)69-35-17-6-18-36-69/h1-63H. The van der Waals surface area contributed by atoms with Crippen molar-refractivity contribution in [1.29, 1.82) is 0 Å². The Balaban J connectivity index is 0.673. The highest BCUT2D eigenvalue weighted by Gasteiger charge is 2.23. The van der Waals surface area contributed by atoms with Gasteiger partial charge < -0.3 is 0 Å². The second-order valence-electron chi connectivity index (χ2n) is 27.9. The number of hydrogen-bond donors (Lipinski definition) is 0. The van der Waals surface area contributed by atoms with E-state index in [1.165, 1.54) is 0 Å². The maximum absolute atomic E-state index is 5.04. The van der Waals surface area contributed by atoms with Gasteiger partial charge in [-0.15, -0.1) is 0 Å². The molecule has 19 aromatic rings. The first-order valence-corrected chi connectivity index (χ1v) is 40.4. The fourth-order valence-electron chi connectivity index (χ4n) is 14.6. The number of aromatic nitrogens is 12. The molecule has 12 nitrogen and oxygen atoms in total. The molecule has 117 heavy (non-hydrogen) atoms. The van der Waals surface area contributed by atoms with Crippen LogP contribution in [0.5, 0.6) is 0 Å². The number of nitrogens with zero attached hydrogens (tertiary/aromatic N) is 12. The molecule has 0 saturated carbocycles. The zero-order chi connectivity index (χ0) is 78.5. The van der Waals surface area contributed by atoms with Crippen molar-refractivity contribution < 1.29 is 0 Å². The Morgan fingerprint density at radius 3 is 0.521 bits per heavy atom. The van der Waals surface area contributed by atoms with Crippen LogP contribution in [0.1, 0.15) is 0 Å². The lowest BCUT2D eigenvalue weighted by Gasteiger charge is -2.19. The van der Waals surface area contributed by atoms with Crippen molar-refractivity contribution in [3.63, 3.8) is 0 Å². The zero-order valence-corrected chi connectivity index (χ0v) is 67.1. The van der Waals surface area contributed by atoms with Gasteiger partial charge in [0.25, 0.3) is 0 Å². The lowest BCUT2D eigenvalue weighted by Crippen LogP contribution is -2.00. The molecule has 13 aromatic carbocycles. The maximum Gasteiger partial charge on any atom is 0.165 e. The van der Waals surface area contributed by atoms with Crippen LogP contribution in [-0.2, 0) is 0 Å². The third-order valence-corrected chi connectivity index (χ3v) is 22.4. The van der Waals surface area contributed by atoms with Gasteiger partial charge in [-0.05, 0) is 140 Å². The number of hydrogen-bond acceptors (Lipinski definition) is 12. The highest BCUT2D eigenvalue weighted by molar-refractivity contribution is 9.11. The second kappa shape index (κ2) is 32.7. The molecule has 0 fully saturated rings. The van der Waals surface area contributed by atoms with Crippen LogP contribution in [0.25, 0.3) is 203 Å². The zero-order valence-electron chi connectivity index (χ0n) is 62.4. The molecule has 0 saturated heterocycles. The van der Waals surface area contributed by atoms with Crippen molar-refractivity contribution in [2.45, 2.75) is 0 Å². The highest BCUT2D eigenvalue weighted by atomic mass is 79.9. The summed E-state index contributed by atoms with van der Waals surface area (Å²) in [5.74, 6) is 5.15. The summed E-state index contributed by atoms with van der Waals surface area (Å²) in [5.41, 5.74) is 25.4. The van der Waals surface area contributed by atoms with E-state index >= 15 is 0 Å². The van der Waals surface area contributed by atoms with Crippen LogP contribution in [0, 0.1) is 0 Å². The van der Waals surface area contributed by atoms with Crippen molar-refractivity contribution >= 4 is 47.8 Å². The van der Waals surface area contributed by atoms with Crippen LogP contribution in [-0.4, -0.2) is 59.8 Å². The van der Waals surface area contributed by atoms with E-state index in [1.807, 2.05) is 237 Å². The summed E-state index contributed by atoms with van der Waals surface area (Å²) in [5, 5.41) is 0. The monoisotopic (exact) mass is 1690 g/mol. The lowest BCUT2D eigenvalue weighted by molar-refractivity contribution is 1.07. The molecule has 0 spiro atoms. The Hall–Kier alpha value is -14.2. The molecule has 0 N–H and O–H groups in total. The summed E-state index contributed by atoms with van der Waals surface area (Å²) in [4.78, 5) is 59.7. The van der Waals surface area contributed by atoms with Gasteiger partial charge in [0, 0.05) is 98.8 Å². The van der Waals surface area contributed by atoms with Gasteiger partial charge >= 0.3 is 0 Å². The minimum atomic E-state index is 0.538. The first-order chi connectivity index (χ1) is 57.7. The van der Waals surface area contributed by atoms with E-state index in [0.29, 0.717) is 52.4 Å². The van der Waals surface area contributed by atoms with Crippen molar-refractivity contribution in [1.82, 2.24) is 59.8 Å². The fourth-order valence-corrected chi connectivity index (χ4v) is 16.4. The van der Waals surface area contributed by atoms with Crippen LogP contribution in [0.15, 0.2) is 396 Å². The summed E-state index contributed by atoms with van der Waals surface area (Å²) in [7, 11) is 0. The van der Waals surface area contributed by atoms with Crippen LogP contribution in [0.3, 0.4) is 0 Å². The minimum absolute atomic E-state index is 0.538. The Kier molecular flexibility index (Phi) is 20.4. The number of pyridine rings is 3. The first-order valence-electron chi connectivity index (χ1n) is 38.0. The molecule has 0 aliphatic carbocycles. The van der Waals surface area contributed by atoms with Gasteiger partial charge in [-0.25, -0.2) is 44.9 Å². The summed E-state index contributed by atoms with van der Waals surface area (Å²) in [6.45, 7) is 0. The Morgan fingerprint density at radius 2 is 0.325 bits per heavy atom. The molecule has 0 aliphatic rings. The largest absolute Gasteiger partial charge is 0.255 e. The van der Waals surface area contributed by atoms with Gasteiger partial charge in [-0.3, -0.25) is 15.0 Å². The van der Waals surface area contributed by atoms with Crippen LogP contribution >= 0.6 is 47.8 Å². The summed E-state index contributed by atoms with van der Waals surface area (Å²) >= 11 is 12.3. The van der Waals surface area contributed by atoms with Gasteiger partial charge in [0.15, 0.2) is 52.4 Å². The number of benzene rings is 13. The molecule has 0 atom stereocenters. The van der Waals surface area contributed by atoms with E-state index < -0.39 is 0 Å². The number of rotatable bonds is 18. The molecule has 0 unspecified atom stereocenters. The smallest absolute Gasteiger partial charge is 0.165 e. The summed E-state index contributed by atoms with van der Waals surface area (Å²) in [6, 6.07) is 124. The third kappa shape index (κ3) is 15.5. The molecule has 6 aromatic heterocycles. The lowest BCUT2D eigenvalue weighted by atomic mass is 9.86. The molecule has 6 heterocycles. The van der Waals surface area contributed by atoms with E-state index in [9.17, 15) is 0 Å². The SMILES string of the molecule is Brc1cc(-c2ccc(-c3nc(-c4ccccc4)nc(-c4ccccc4)n3)cn2)ccc1-c1ccccc1-c1cc(-c2ccccc2-c2ccc(-c3ccc(-c4nc(-c5ccccc5)nc(-c5ccccc5)n4)cn3)cc2Br)cc(-c2ccccc2-c2ccc(-c3ccc(-c4nc(-c5ccccc5)nc(-c5ccccc5)n4)cn3)cc2Br)c1. The number of halogens is 3. The van der Waals surface area contributed by atoms with Gasteiger partial charge in [0.05, 0.1) is 17.1 Å². The summed E-state index contributed by atoms with van der Waals surface area (Å²) in [6.07, 6.45) is 5.53. The molecule has 0 aliphatic heterocycles. The average Bonchev–Trinajstić information content (AvgIpc) is 0.735. The molecule has 552 valence electrons. The van der Waals surface area contributed by atoms with Crippen LogP contribution in [0.2, 0.25) is 0 Å². The van der Waals surface area contributed by atoms with E-state index in [4.69, 9.17) is 59.8 Å². The normalized spacial score (nSPS) is 11.2. The maximum atomic E-state index is 5.04. The van der Waals surface area contributed by atoms with Gasteiger partial charge in [-0.1, -0.05) is 339 Å². The van der Waals surface area contributed by atoms with Gasteiger partial charge in [0.1, 0.15) is 0 Å². The Bertz CT molecular complexity index is 6030. The predicted molar refractivity (Wildman–Crippen MR) is 481 cm³/mol. The van der Waals surface area contributed by atoms with Crippen LogP contribution in [0.4, 0.5) is 0 Å². The van der Waals surface area contributed by atoms with Crippen LogP contribution < -0.4 is 0 Å². The molecule has 15 heteroatoms. The van der Waals surface area contributed by atoms with Crippen molar-refractivity contribution in [2.75, 3.05) is 0 Å². The highest BCUT2D eigenvalue weighted by Crippen LogP contribution is 2.47. The molecule has 0 bridgehead atoms. The van der Waals surface area contributed by atoms with Gasteiger partial charge in [0.2, 0.25) is 0 Å². The third-order valence-electron chi connectivity index (χ3n) is 20.5. The minimum Gasteiger partial charge on any atom is -0.255 e. The van der Waals surface area contributed by atoms with Crippen molar-refractivity contribution in [3.05, 3.63) is 396 Å². The topological polar surface area (TPSA) is 155 Å². The van der Waals surface area contributed by atoms with Gasteiger partial charge in [-0.2, -0.15) is 0 Å². The van der Waals surface area contributed by atoms with Crippen molar-refractivity contribution in [2.24, 2.45) is 0 Å². The molecular formula is C102H63Br3N12. The molecular weight excluding hydrogens is 1630 g/mol. The second-order valence-corrected chi connectivity index (χ2v) is 30.5. The van der Waals surface area contributed by atoms with E-state index in [2.05, 4.69) is 193 Å². The molecule has 19 rings (SSSR count). The molecule has 0 radical (unpaired) electrons. The van der Waals surface area contributed by atoms with E-state index in [-0.39, 0.29) is 0 Å². The predicted octanol–water partition coefficient (Wildman–Crippen LogP) is 26.7.